The third kappa shape index (κ3) is 1.25. The second-order valence-corrected chi connectivity index (χ2v) is 2.38. The molecule has 0 saturated heterocycles. The smallest absolute Gasteiger partial charge is 0.280 e. The first kappa shape index (κ1) is 8.12. The van der Waals surface area contributed by atoms with Gasteiger partial charge in [-0.15, -0.1) is 0 Å². The molecule has 0 fully saturated rings. The summed E-state index contributed by atoms with van der Waals surface area (Å²) < 4.78 is 0. The van der Waals surface area contributed by atoms with E-state index in [9.17, 15) is 4.79 Å². The molecule has 2 aromatic heterocycles. The number of fused-ring (bicyclic) bond motifs is 1. The van der Waals surface area contributed by atoms with Crippen LogP contribution in [0.1, 0.15) is 0 Å². The summed E-state index contributed by atoms with van der Waals surface area (Å²) in [6.45, 7) is 0. The van der Waals surface area contributed by atoms with Crippen LogP contribution >= 0.6 is 0 Å². The van der Waals surface area contributed by atoms with Crippen LogP contribution in [-0.4, -0.2) is 19.9 Å². The number of hydrogen-bond donors (Lipinski definition) is 2. The Morgan fingerprint density at radius 3 is 3.00 bits per heavy atom. The molecule has 7 nitrogen and oxygen atoms in total. The van der Waals surface area contributed by atoms with Crippen molar-refractivity contribution in [3.05, 3.63) is 22.7 Å². The van der Waals surface area contributed by atoms with Gasteiger partial charge in [0.2, 0.25) is 5.95 Å². The lowest BCUT2D eigenvalue weighted by Gasteiger charge is -1.97. The quantitative estimate of drug-likeness (QED) is 0.466. The van der Waals surface area contributed by atoms with E-state index in [-0.39, 0.29) is 17.1 Å². The zero-order valence-electron chi connectivity index (χ0n) is 6.85. The highest BCUT2D eigenvalue weighted by Gasteiger charge is 2.03. The van der Waals surface area contributed by atoms with Crippen LogP contribution in [0.15, 0.2) is 17.2 Å². The Bertz CT molecular complexity index is 568. The monoisotopic (exact) mass is 188 g/mol. The molecule has 0 saturated carbocycles. The first-order valence-electron chi connectivity index (χ1n) is 3.67. The van der Waals surface area contributed by atoms with Crippen LogP contribution in [0, 0.1) is 11.5 Å². The van der Waals surface area contributed by atoms with Crippen LogP contribution in [0.2, 0.25) is 0 Å². The Morgan fingerprint density at radius 2 is 2.21 bits per heavy atom. The molecule has 2 N–H and O–H groups in total. The van der Waals surface area contributed by atoms with E-state index in [1.54, 1.807) is 6.19 Å². The van der Waals surface area contributed by atoms with E-state index >= 15 is 0 Å². The lowest BCUT2D eigenvalue weighted by molar-refractivity contribution is 1.11. The molecule has 2 heterocycles. The predicted octanol–water partition coefficient (Wildman–Crippen LogP) is -0.394. The average Bonchev–Trinajstić information content (AvgIpc) is 2.18. The molecule has 7 heteroatoms. The summed E-state index contributed by atoms with van der Waals surface area (Å²) >= 11 is 0. The van der Waals surface area contributed by atoms with Gasteiger partial charge in [-0.2, -0.15) is 10.2 Å². The molecular weight excluding hydrogens is 184 g/mol. The van der Waals surface area contributed by atoms with Crippen molar-refractivity contribution in [3.8, 4) is 6.19 Å². The molecule has 68 valence electrons. The number of anilines is 1. The fourth-order valence-corrected chi connectivity index (χ4v) is 0.985. The topological polar surface area (TPSA) is 107 Å². The molecule has 0 radical (unpaired) electrons. The highest BCUT2D eigenvalue weighted by Crippen LogP contribution is 2.00. The van der Waals surface area contributed by atoms with Gasteiger partial charge in [0, 0.05) is 12.4 Å². The molecule has 0 aliphatic rings. The van der Waals surface area contributed by atoms with Crippen LogP contribution in [0.3, 0.4) is 0 Å². The first-order valence-corrected chi connectivity index (χ1v) is 3.67. The van der Waals surface area contributed by atoms with Crippen molar-refractivity contribution in [2.24, 2.45) is 0 Å². The molecule has 0 unspecified atom stereocenters. The summed E-state index contributed by atoms with van der Waals surface area (Å²) in [6.07, 6.45) is 4.47. The number of H-pyrrole nitrogens is 1. The average molecular weight is 188 g/mol. The first-order chi connectivity index (χ1) is 6.81. The molecule has 0 aliphatic carbocycles. The van der Waals surface area contributed by atoms with Gasteiger partial charge in [0.1, 0.15) is 0 Å². The van der Waals surface area contributed by atoms with Crippen molar-refractivity contribution in [2.75, 3.05) is 5.32 Å². The summed E-state index contributed by atoms with van der Waals surface area (Å²) in [5, 5.41) is 10.5. The Kier molecular flexibility index (Phi) is 1.80. The molecule has 14 heavy (non-hydrogen) atoms. The number of nitriles is 1. The SMILES string of the molecule is N#CNc1nc2nccnc2c(=O)[nH]1. The van der Waals surface area contributed by atoms with Crippen molar-refractivity contribution in [1.82, 2.24) is 19.9 Å². The molecule has 2 aromatic rings. The maximum absolute atomic E-state index is 11.3. The third-order valence-corrected chi connectivity index (χ3v) is 1.52. The number of hydrogen-bond acceptors (Lipinski definition) is 6. The molecule has 0 atom stereocenters. The molecule has 0 spiro atoms. The van der Waals surface area contributed by atoms with Gasteiger partial charge in [-0.05, 0) is 0 Å². The lowest BCUT2D eigenvalue weighted by Crippen LogP contribution is -2.12. The molecule has 0 aromatic carbocycles. The summed E-state index contributed by atoms with van der Waals surface area (Å²) in [5.74, 6) is 0.0606. The van der Waals surface area contributed by atoms with Crippen LogP contribution in [0.5, 0.6) is 0 Å². The minimum atomic E-state index is -0.430. The van der Waals surface area contributed by atoms with E-state index in [0.29, 0.717) is 0 Å². The maximum atomic E-state index is 11.3. The van der Waals surface area contributed by atoms with Crippen molar-refractivity contribution >= 4 is 17.1 Å². The number of aromatic nitrogens is 4. The summed E-state index contributed by atoms with van der Waals surface area (Å²) in [4.78, 5) is 25.2. The van der Waals surface area contributed by atoms with E-state index in [1.165, 1.54) is 12.4 Å². The van der Waals surface area contributed by atoms with Crippen molar-refractivity contribution < 1.29 is 0 Å². The standard InChI is InChI=1S/C7H4N6O/c8-3-11-7-12-5-4(6(14)13-7)9-1-2-10-5/h1-2H,(H2,10,11,12,13,14). The lowest BCUT2D eigenvalue weighted by atomic mass is 10.5. The molecule has 0 bridgehead atoms. The number of aromatic amines is 1. The van der Waals surface area contributed by atoms with E-state index in [4.69, 9.17) is 5.26 Å². The Balaban J connectivity index is 2.74. The van der Waals surface area contributed by atoms with Crippen LogP contribution < -0.4 is 10.9 Å². The van der Waals surface area contributed by atoms with Gasteiger partial charge < -0.3 is 0 Å². The van der Waals surface area contributed by atoms with E-state index in [0.717, 1.165) is 0 Å². The summed E-state index contributed by atoms with van der Waals surface area (Å²) in [6, 6.07) is 0. The Morgan fingerprint density at radius 1 is 1.43 bits per heavy atom. The van der Waals surface area contributed by atoms with E-state index < -0.39 is 5.56 Å². The summed E-state index contributed by atoms with van der Waals surface area (Å²) in [7, 11) is 0. The van der Waals surface area contributed by atoms with Crippen molar-refractivity contribution in [1.29, 1.82) is 5.26 Å². The number of rotatable bonds is 1. The van der Waals surface area contributed by atoms with Crippen molar-refractivity contribution in [3.63, 3.8) is 0 Å². The van der Waals surface area contributed by atoms with Gasteiger partial charge in [-0.25, -0.2) is 9.97 Å². The maximum Gasteiger partial charge on any atom is 0.280 e. The fraction of sp³-hybridized carbons (Fsp3) is 0. The van der Waals surface area contributed by atoms with Gasteiger partial charge in [-0.3, -0.25) is 15.1 Å². The third-order valence-electron chi connectivity index (χ3n) is 1.52. The van der Waals surface area contributed by atoms with E-state index in [2.05, 4.69) is 25.3 Å². The van der Waals surface area contributed by atoms with Gasteiger partial charge in [-0.1, -0.05) is 0 Å². The minimum absolute atomic E-state index is 0.0606. The van der Waals surface area contributed by atoms with Gasteiger partial charge in [0.25, 0.3) is 5.56 Å². The second kappa shape index (κ2) is 3.10. The summed E-state index contributed by atoms with van der Waals surface area (Å²) in [5.41, 5.74) is -0.0779. The normalized spacial score (nSPS) is 9.64. The van der Waals surface area contributed by atoms with Gasteiger partial charge in [0.15, 0.2) is 17.4 Å². The van der Waals surface area contributed by atoms with Crippen LogP contribution in [-0.2, 0) is 0 Å². The van der Waals surface area contributed by atoms with Crippen molar-refractivity contribution in [2.45, 2.75) is 0 Å². The predicted molar refractivity (Wildman–Crippen MR) is 47.2 cm³/mol. The largest absolute Gasteiger partial charge is 0.290 e. The zero-order chi connectivity index (χ0) is 9.97. The van der Waals surface area contributed by atoms with Crippen LogP contribution in [0.4, 0.5) is 5.95 Å². The highest BCUT2D eigenvalue weighted by molar-refractivity contribution is 5.69. The highest BCUT2D eigenvalue weighted by atomic mass is 16.1. The van der Waals surface area contributed by atoms with E-state index in [1.807, 2.05) is 0 Å². The minimum Gasteiger partial charge on any atom is -0.290 e. The molecular formula is C7H4N6O. The number of nitrogens with one attached hydrogen (secondary N) is 2. The zero-order valence-corrected chi connectivity index (χ0v) is 6.85. The molecule has 2 rings (SSSR count). The molecule has 0 aliphatic heterocycles. The Hall–Kier alpha value is -2.49. The molecule has 0 amide bonds. The fourth-order valence-electron chi connectivity index (χ4n) is 0.985. The second-order valence-electron chi connectivity index (χ2n) is 2.38. The number of nitrogens with zero attached hydrogens (tertiary/aromatic N) is 4. The van der Waals surface area contributed by atoms with Gasteiger partial charge in [0.05, 0.1) is 0 Å². The van der Waals surface area contributed by atoms with Crippen LogP contribution in [0.25, 0.3) is 11.2 Å². The van der Waals surface area contributed by atoms with Gasteiger partial charge >= 0.3 is 0 Å². The Labute approximate surface area is 77.5 Å².